The molecule has 3 rings (SSSR count). The minimum absolute atomic E-state index is 0.107. The van der Waals surface area contributed by atoms with E-state index < -0.39 is 0 Å². The standard InChI is InChI=1S/C23H27ClN4O3/c1-25-23(26-16-17-6-8-19(9-7-17)22(30)31-2)28-12-10-27(11-13-28)21(29)15-18-4-3-5-20(24)14-18/h3-9,14H,10-13,15-16H2,1-2H3,(H,25,26). The maximum atomic E-state index is 12.6. The summed E-state index contributed by atoms with van der Waals surface area (Å²) < 4.78 is 4.72. The smallest absolute Gasteiger partial charge is 0.337 e. The second kappa shape index (κ2) is 10.8. The quantitative estimate of drug-likeness (QED) is 0.437. The van der Waals surface area contributed by atoms with Gasteiger partial charge in [0.25, 0.3) is 0 Å². The fourth-order valence-electron chi connectivity index (χ4n) is 3.49. The molecule has 164 valence electrons. The number of guanidine groups is 1. The Balaban J connectivity index is 1.48. The van der Waals surface area contributed by atoms with Crippen molar-refractivity contribution < 1.29 is 14.3 Å². The maximum absolute atomic E-state index is 12.6. The Morgan fingerprint density at radius 1 is 1.03 bits per heavy atom. The molecule has 1 amide bonds. The van der Waals surface area contributed by atoms with Crippen LogP contribution in [0.1, 0.15) is 21.5 Å². The Bertz CT molecular complexity index is 938. The molecule has 1 heterocycles. The lowest BCUT2D eigenvalue weighted by atomic mass is 10.1. The molecule has 0 radical (unpaired) electrons. The monoisotopic (exact) mass is 442 g/mol. The fraction of sp³-hybridized carbons (Fsp3) is 0.348. The Morgan fingerprint density at radius 2 is 1.71 bits per heavy atom. The summed E-state index contributed by atoms with van der Waals surface area (Å²) in [7, 11) is 3.12. The molecule has 31 heavy (non-hydrogen) atoms. The van der Waals surface area contributed by atoms with Crippen molar-refractivity contribution in [3.8, 4) is 0 Å². The largest absolute Gasteiger partial charge is 0.465 e. The SMILES string of the molecule is CN=C(NCc1ccc(C(=O)OC)cc1)N1CCN(C(=O)Cc2cccc(Cl)c2)CC1. The van der Waals surface area contributed by atoms with Crippen LogP contribution < -0.4 is 5.32 Å². The first-order valence-electron chi connectivity index (χ1n) is 10.1. The third-order valence-corrected chi connectivity index (χ3v) is 5.45. The zero-order chi connectivity index (χ0) is 22.2. The summed E-state index contributed by atoms with van der Waals surface area (Å²) in [6.07, 6.45) is 0.356. The number of aliphatic imine (C=N–C) groups is 1. The van der Waals surface area contributed by atoms with Crippen LogP contribution in [0.3, 0.4) is 0 Å². The number of halogens is 1. The molecule has 1 aliphatic rings. The molecule has 2 aromatic carbocycles. The van der Waals surface area contributed by atoms with Crippen LogP contribution in [-0.4, -0.2) is 68.0 Å². The summed E-state index contributed by atoms with van der Waals surface area (Å²) in [4.78, 5) is 32.6. The molecule has 0 spiro atoms. The predicted octanol–water partition coefficient (Wildman–Crippen LogP) is 2.59. The molecule has 0 aliphatic carbocycles. The van der Waals surface area contributed by atoms with Crippen LogP contribution in [0.4, 0.5) is 0 Å². The first-order chi connectivity index (χ1) is 15.0. The minimum atomic E-state index is -0.349. The number of hydrogen-bond acceptors (Lipinski definition) is 4. The summed E-state index contributed by atoms with van der Waals surface area (Å²) in [6.45, 7) is 3.30. The first-order valence-corrected chi connectivity index (χ1v) is 10.5. The van der Waals surface area contributed by atoms with Crippen LogP contribution in [0.5, 0.6) is 0 Å². The number of hydrogen-bond donors (Lipinski definition) is 1. The van der Waals surface area contributed by atoms with E-state index in [1.807, 2.05) is 35.2 Å². The van der Waals surface area contributed by atoms with Crippen molar-refractivity contribution in [2.75, 3.05) is 40.3 Å². The number of piperazine rings is 1. The van der Waals surface area contributed by atoms with Crippen molar-refractivity contribution in [3.05, 3.63) is 70.2 Å². The Hall–Kier alpha value is -3.06. The van der Waals surface area contributed by atoms with Crippen LogP contribution in [0, 0.1) is 0 Å². The van der Waals surface area contributed by atoms with Crippen LogP contribution in [-0.2, 0) is 22.5 Å². The molecule has 8 heteroatoms. The van der Waals surface area contributed by atoms with Crippen LogP contribution in [0.2, 0.25) is 5.02 Å². The Labute approximate surface area is 187 Å². The number of nitrogens with zero attached hydrogens (tertiary/aromatic N) is 3. The lowest BCUT2D eigenvalue weighted by molar-refractivity contribution is -0.131. The molecule has 0 saturated carbocycles. The summed E-state index contributed by atoms with van der Waals surface area (Å²) in [6, 6.07) is 14.7. The number of nitrogens with one attached hydrogen (secondary N) is 1. The van der Waals surface area contributed by atoms with E-state index >= 15 is 0 Å². The van der Waals surface area contributed by atoms with E-state index in [0.717, 1.165) is 17.1 Å². The average molecular weight is 443 g/mol. The van der Waals surface area contributed by atoms with E-state index in [1.165, 1.54) is 7.11 Å². The van der Waals surface area contributed by atoms with Gasteiger partial charge in [0.1, 0.15) is 0 Å². The molecular formula is C23H27ClN4O3. The van der Waals surface area contributed by atoms with Gasteiger partial charge in [-0.1, -0.05) is 35.9 Å². The summed E-state index contributed by atoms with van der Waals surface area (Å²) in [5.74, 6) is 0.549. The third-order valence-electron chi connectivity index (χ3n) is 5.21. The Kier molecular flexibility index (Phi) is 7.89. The van der Waals surface area contributed by atoms with Gasteiger partial charge in [-0.15, -0.1) is 0 Å². The maximum Gasteiger partial charge on any atom is 0.337 e. The van der Waals surface area contributed by atoms with Crippen LogP contribution in [0.15, 0.2) is 53.5 Å². The number of ether oxygens (including phenoxy) is 1. The number of methoxy groups -OCH3 is 1. The summed E-state index contributed by atoms with van der Waals surface area (Å²) in [5.41, 5.74) is 2.48. The van der Waals surface area contributed by atoms with Gasteiger partial charge in [-0.2, -0.15) is 0 Å². The van der Waals surface area contributed by atoms with Gasteiger partial charge in [-0.05, 0) is 35.4 Å². The highest BCUT2D eigenvalue weighted by Gasteiger charge is 2.23. The zero-order valence-electron chi connectivity index (χ0n) is 17.8. The van der Waals surface area contributed by atoms with E-state index in [0.29, 0.717) is 49.7 Å². The highest BCUT2D eigenvalue weighted by atomic mass is 35.5. The molecule has 1 N–H and O–H groups in total. The zero-order valence-corrected chi connectivity index (χ0v) is 18.6. The van der Waals surface area contributed by atoms with E-state index in [4.69, 9.17) is 16.3 Å². The Morgan fingerprint density at radius 3 is 2.32 bits per heavy atom. The molecular weight excluding hydrogens is 416 g/mol. The second-order valence-electron chi connectivity index (χ2n) is 7.26. The van der Waals surface area contributed by atoms with Gasteiger partial charge in [0.15, 0.2) is 5.96 Å². The number of carbonyl (C=O) groups excluding carboxylic acids is 2. The van der Waals surface area contributed by atoms with Gasteiger partial charge in [-0.25, -0.2) is 4.79 Å². The molecule has 1 aliphatic heterocycles. The van der Waals surface area contributed by atoms with Crippen molar-refractivity contribution in [1.29, 1.82) is 0 Å². The van der Waals surface area contributed by atoms with Crippen molar-refractivity contribution >= 4 is 29.4 Å². The topological polar surface area (TPSA) is 74.2 Å². The number of esters is 1. The van der Waals surface area contributed by atoms with Gasteiger partial charge in [0, 0.05) is 44.8 Å². The van der Waals surface area contributed by atoms with E-state index in [1.54, 1.807) is 25.2 Å². The van der Waals surface area contributed by atoms with Gasteiger partial charge in [0.2, 0.25) is 5.91 Å². The highest BCUT2D eigenvalue weighted by molar-refractivity contribution is 6.30. The lowest BCUT2D eigenvalue weighted by Crippen LogP contribution is -2.53. The molecule has 1 fully saturated rings. The number of amides is 1. The van der Waals surface area contributed by atoms with Crippen LogP contribution >= 0.6 is 11.6 Å². The van der Waals surface area contributed by atoms with Crippen molar-refractivity contribution in [2.45, 2.75) is 13.0 Å². The van der Waals surface area contributed by atoms with Gasteiger partial charge in [-0.3, -0.25) is 9.79 Å². The molecule has 7 nitrogen and oxygen atoms in total. The van der Waals surface area contributed by atoms with Gasteiger partial charge in [0.05, 0.1) is 19.1 Å². The molecule has 0 bridgehead atoms. The summed E-state index contributed by atoms with van der Waals surface area (Å²) >= 11 is 6.01. The number of rotatable bonds is 5. The first kappa shape index (κ1) is 22.6. The molecule has 0 aromatic heterocycles. The second-order valence-corrected chi connectivity index (χ2v) is 7.70. The number of benzene rings is 2. The average Bonchev–Trinajstić information content (AvgIpc) is 2.79. The molecule has 2 aromatic rings. The van der Waals surface area contributed by atoms with E-state index in [9.17, 15) is 9.59 Å². The molecule has 1 saturated heterocycles. The molecule has 0 unspecified atom stereocenters. The molecule has 0 atom stereocenters. The lowest BCUT2D eigenvalue weighted by Gasteiger charge is -2.36. The van der Waals surface area contributed by atoms with Gasteiger partial charge >= 0.3 is 5.97 Å². The third kappa shape index (κ3) is 6.21. The van der Waals surface area contributed by atoms with Crippen molar-refractivity contribution in [1.82, 2.24) is 15.1 Å². The van der Waals surface area contributed by atoms with E-state index in [-0.39, 0.29) is 11.9 Å². The van der Waals surface area contributed by atoms with Crippen LogP contribution in [0.25, 0.3) is 0 Å². The normalized spacial score (nSPS) is 14.4. The van der Waals surface area contributed by atoms with Crippen molar-refractivity contribution in [2.24, 2.45) is 4.99 Å². The van der Waals surface area contributed by atoms with Crippen molar-refractivity contribution in [3.63, 3.8) is 0 Å². The minimum Gasteiger partial charge on any atom is -0.465 e. The van der Waals surface area contributed by atoms with Gasteiger partial charge < -0.3 is 19.9 Å². The predicted molar refractivity (Wildman–Crippen MR) is 121 cm³/mol. The fourth-order valence-corrected chi connectivity index (χ4v) is 3.70. The highest BCUT2D eigenvalue weighted by Crippen LogP contribution is 2.13. The summed E-state index contributed by atoms with van der Waals surface area (Å²) in [5, 5.41) is 3.99. The van der Waals surface area contributed by atoms with E-state index in [2.05, 4.69) is 15.2 Å². The number of carbonyl (C=O) groups is 2.